The number of hydrogen-bond acceptors (Lipinski definition) is 3. The Kier molecular flexibility index (Phi) is 4.84. The van der Waals surface area contributed by atoms with Crippen LogP contribution in [0.15, 0.2) is 48.5 Å². The van der Waals surface area contributed by atoms with Crippen LogP contribution in [0, 0.1) is 5.41 Å². The van der Waals surface area contributed by atoms with Crippen LogP contribution in [0.1, 0.15) is 37.8 Å². The molecule has 1 fully saturated rings. The maximum atomic E-state index is 13.2. The Morgan fingerprint density at radius 1 is 1.04 bits per heavy atom. The smallest absolute Gasteiger partial charge is 0.240 e. The minimum Gasteiger partial charge on any atom is -0.489 e. The Hall–Kier alpha value is -2.82. The molecule has 1 heterocycles. The van der Waals surface area contributed by atoms with Crippen molar-refractivity contribution in [1.82, 2.24) is 4.90 Å². The van der Waals surface area contributed by atoms with Crippen LogP contribution < -0.4 is 10.1 Å². The van der Waals surface area contributed by atoms with E-state index in [0.29, 0.717) is 37.4 Å². The molecule has 0 spiro atoms. The number of anilines is 1. The Morgan fingerprint density at radius 3 is 2.43 bits per heavy atom. The number of amides is 2. The minimum absolute atomic E-state index is 0.00277. The van der Waals surface area contributed by atoms with E-state index in [4.69, 9.17) is 4.74 Å². The number of carbonyl (C=O) groups is 2. The molecule has 0 unspecified atom stereocenters. The summed E-state index contributed by atoms with van der Waals surface area (Å²) in [6.07, 6.45) is 2.04. The van der Waals surface area contributed by atoms with Crippen LogP contribution >= 0.6 is 0 Å². The van der Waals surface area contributed by atoms with Crippen molar-refractivity contribution in [2.75, 3.05) is 11.9 Å². The van der Waals surface area contributed by atoms with Crippen LogP contribution in [0.3, 0.4) is 0 Å². The van der Waals surface area contributed by atoms with Gasteiger partial charge in [-0.3, -0.25) is 9.59 Å². The molecule has 1 saturated carbocycles. The van der Waals surface area contributed by atoms with Crippen molar-refractivity contribution < 1.29 is 14.3 Å². The van der Waals surface area contributed by atoms with Crippen LogP contribution in [0.5, 0.6) is 5.75 Å². The van der Waals surface area contributed by atoms with Gasteiger partial charge in [-0.2, -0.15) is 0 Å². The second kappa shape index (κ2) is 7.30. The third-order valence-corrected chi connectivity index (χ3v) is 5.51. The molecule has 2 aromatic rings. The van der Waals surface area contributed by atoms with Crippen molar-refractivity contribution in [3.8, 4) is 5.75 Å². The molecule has 0 radical (unpaired) electrons. The summed E-state index contributed by atoms with van der Waals surface area (Å²) < 4.78 is 5.79. The second-order valence-electron chi connectivity index (χ2n) is 7.94. The molecule has 28 heavy (non-hydrogen) atoms. The fraction of sp³-hybridized carbons (Fsp3) is 0.391. The Bertz CT molecular complexity index is 902. The molecule has 146 valence electrons. The number of carbonyl (C=O) groups excluding carboxylic acids is 2. The molecule has 0 aromatic heterocycles. The maximum absolute atomic E-state index is 13.2. The van der Waals surface area contributed by atoms with Crippen molar-refractivity contribution >= 4 is 17.5 Å². The van der Waals surface area contributed by atoms with Crippen molar-refractivity contribution in [2.45, 2.75) is 45.8 Å². The predicted molar refractivity (Wildman–Crippen MR) is 108 cm³/mol. The SMILES string of the molecule is CC(C)Oc1ccccc1NC(=O)C1(C(=O)N2CCc3ccccc3C2)CC1. The van der Waals surface area contributed by atoms with Crippen LogP contribution in [0.2, 0.25) is 0 Å². The fourth-order valence-electron chi connectivity index (χ4n) is 3.80. The number of ether oxygens (including phenoxy) is 1. The minimum atomic E-state index is -0.933. The standard InChI is InChI=1S/C23H26N2O3/c1-16(2)28-20-10-6-5-9-19(20)24-21(26)23(12-13-23)22(27)25-14-11-17-7-3-4-8-18(17)15-25/h3-10,16H,11-15H2,1-2H3,(H,24,26). The Labute approximate surface area is 165 Å². The molecule has 0 saturated heterocycles. The van der Waals surface area contributed by atoms with Crippen molar-refractivity contribution in [3.05, 3.63) is 59.7 Å². The van der Waals surface area contributed by atoms with E-state index in [-0.39, 0.29) is 17.9 Å². The normalized spacial score (nSPS) is 17.0. The summed E-state index contributed by atoms with van der Waals surface area (Å²) in [5, 5.41) is 2.95. The summed E-state index contributed by atoms with van der Waals surface area (Å²) in [4.78, 5) is 28.1. The molecule has 2 aliphatic rings. The lowest BCUT2D eigenvalue weighted by molar-refractivity contribution is -0.143. The highest BCUT2D eigenvalue weighted by atomic mass is 16.5. The van der Waals surface area contributed by atoms with E-state index >= 15 is 0 Å². The van der Waals surface area contributed by atoms with E-state index in [0.717, 1.165) is 6.42 Å². The molecular formula is C23H26N2O3. The molecule has 2 aromatic carbocycles. The van der Waals surface area contributed by atoms with Gasteiger partial charge in [0.05, 0.1) is 11.8 Å². The zero-order valence-corrected chi connectivity index (χ0v) is 16.4. The van der Waals surface area contributed by atoms with Crippen molar-refractivity contribution in [1.29, 1.82) is 0 Å². The lowest BCUT2D eigenvalue weighted by Gasteiger charge is -2.31. The zero-order valence-electron chi connectivity index (χ0n) is 16.4. The van der Waals surface area contributed by atoms with Crippen molar-refractivity contribution in [2.24, 2.45) is 5.41 Å². The first-order valence-corrected chi connectivity index (χ1v) is 9.93. The molecule has 1 N–H and O–H groups in total. The number of rotatable bonds is 5. The first-order chi connectivity index (χ1) is 13.5. The highest BCUT2D eigenvalue weighted by Crippen LogP contribution is 2.49. The third-order valence-electron chi connectivity index (χ3n) is 5.51. The predicted octanol–water partition coefficient (Wildman–Crippen LogP) is 3.78. The van der Waals surface area contributed by atoms with Gasteiger partial charge in [0.15, 0.2) is 0 Å². The largest absolute Gasteiger partial charge is 0.489 e. The number of benzene rings is 2. The second-order valence-corrected chi connectivity index (χ2v) is 7.94. The molecular weight excluding hydrogens is 352 g/mol. The fourth-order valence-corrected chi connectivity index (χ4v) is 3.80. The molecule has 1 aliphatic carbocycles. The Morgan fingerprint density at radius 2 is 1.71 bits per heavy atom. The highest BCUT2D eigenvalue weighted by Gasteiger charge is 2.58. The first kappa shape index (κ1) is 18.5. The molecule has 4 rings (SSSR count). The maximum Gasteiger partial charge on any atom is 0.240 e. The lowest BCUT2D eigenvalue weighted by Crippen LogP contribution is -2.45. The van der Waals surface area contributed by atoms with Crippen LogP contribution in [0.25, 0.3) is 0 Å². The highest BCUT2D eigenvalue weighted by molar-refractivity contribution is 6.13. The van der Waals surface area contributed by atoms with Gasteiger partial charge in [0, 0.05) is 13.1 Å². The number of fused-ring (bicyclic) bond motifs is 1. The summed E-state index contributed by atoms with van der Waals surface area (Å²) >= 11 is 0. The molecule has 2 amide bonds. The van der Waals surface area contributed by atoms with Gasteiger partial charge in [0.2, 0.25) is 11.8 Å². The van der Waals surface area contributed by atoms with Gasteiger partial charge in [0.1, 0.15) is 11.2 Å². The Balaban J connectivity index is 1.49. The summed E-state index contributed by atoms with van der Waals surface area (Å²) in [5.41, 5.74) is 2.15. The van der Waals surface area contributed by atoms with Gasteiger partial charge < -0.3 is 15.0 Å². The quantitative estimate of drug-likeness (QED) is 0.806. The van der Waals surface area contributed by atoms with E-state index in [9.17, 15) is 9.59 Å². The summed E-state index contributed by atoms with van der Waals surface area (Å²) in [6.45, 7) is 5.13. The van der Waals surface area contributed by atoms with E-state index in [1.54, 1.807) is 0 Å². The van der Waals surface area contributed by atoms with Gasteiger partial charge in [-0.05, 0) is 56.4 Å². The van der Waals surface area contributed by atoms with E-state index in [1.165, 1.54) is 11.1 Å². The average Bonchev–Trinajstić information content (AvgIpc) is 3.50. The number of nitrogens with one attached hydrogen (secondary N) is 1. The molecule has 1 aliphatic heterocycles. The summed E-state index contributed by atoms with van der Waals surface area (Å²) in [5.74, 6) is 0.346. The van der Waals surface area contributed by atoms with Crippen LogP contribution in [0.4, 0.5) is 5.69 Å². The topological polar surface area (TPSA) is 58.6 Å². The van der Waals surface area contributed by atoms with Gasteiger partial charge in [-0.25, -0.2) is 0 Å². The first-order valence-electron chi connectivity index (χ1n) is 9.93. The summed E-state index contributed by atoms with van der Waals surface area (Å²) in [6, 6.07) is 15.6. The number of nitrogens with zero attached hydrogens (tertiary/aromatic N) is 1. The average molecular weight is 378 g/mol. The zero-order chi connectivity index (χ0) is 19.7. The van der Waals surface area contributed by atoms with Gasteiger partial charge in [0.25, 0.3) is 0 Å². The lowest BCUT2D eigenvalue weighted by atomic mass is 9.97. The van der Waals surface area contributed by atoms with E-state index in [1.807, 2.05) is 55.1 Å². The van der Waals surface area contributed by atoms with Crippen LogP contribution in [-0.4, -0.2) is 29.4 Å². The van der Waals surface area contributed by atoms with Gasteiger partial charge in [-0.1, -0.05) is 36.4 Å². The van der Waals surface area contributed by atoms with Crippen molar-refractivity contribution in [3.63, 3.8) is 0 Å². The molecule has 5 heteroatoms. The monoisotopic (exact) mass is 378 g/mol. The molecule has 0 atom stereocenters. The van der Waals surface area contributed by atoms with E-state index in [2.05, 4.69) is 17.4 Å². The molecule has 5 nitrogen and oxygen atoms in total. The molecule has 0 bridgehead atoms. The van der Waals surface area contributed by atoms with E-state index < -0.39 is 5.41 Å². The van der Waals surface area contributed by atoms with Gasteiger partial charge >= 0.3 is 0 Å². The number of para-hydroxylation sites is 2. The van der Waals surface area contributed by atoms with Crippen LogP contribution in [-0.2, 0) is 22.6 Å². The summed E-state index contributed by atoms with van der Waals surface area (Å²) in [7, 11) is 0. The van der Waals surface area contributed by atoms with Gasteiger partial charge in [-0.15, -0.1) is 0 Å². The number of hydrogen-bond donors (Lipinski definition) is 1. The third kappa shape index (κ3) is 3.49.